The maximum atomic E-state index is 13.7. The van der Waals surface area contributed by atoms with Gasteiger partial charge in [-0.05, 0) is 91.4 Å². The summed E-state index contributed by atoms with van der Waals surface area (Å²) in [6.45, 7) is 4.11. The molecule has 42 heavy (non-hydrogen) atoms. The molecule has 1 unspecified atom stereocenters. The molecule has 216 valence electrons. The average molecular weight is 657 g/mol. The Hall–Kier alpha value is -3.74. The summed E-state index contributed by atoms with van der Waals surface area (Å²) in [7, 11) is 0. The molecule has 0 saturated heterocycles. The monoisotopic (exact) mass is 655 g/mol. The molecule has 0 radical (unpaired) electrons. The van der Waals surface area contributed by atoms with Crippen LogP contribution in [0.2, 0.25) is 5.02 Å². The Morgan fingerprint density at radius 1 is 1.10 bits per heavy atom. The summed E-state index contributed by atoms with van der Waals surface area (Å²) in [6, 6.07) is 16.5. The van der Waals surface area contributed by atoms with E-state index in [1.54, 1.807) is 0 Å². The molecule has 1 heterocycles. The first-order chi connectivity index (χ1) is 19.9. The minimum atomic E-state index is -4.62. The van der Waals surface area contributed by atoms with Crippen molar-refractivity contribution in [2.24, 2.45) is 5.73 Å². The van der Waals surface area contributed by atoms with Gasteiger partial charge in [0.2, 0.25) is 0 Å². The Morgan fingerprint density at radius 2 is 1.81 bits per heavy atom. The first-order valence-electron chi connectivity index (χ1n) is 13.2. The highest BCUT2D eigenvalue weighted by atomic mass is 79.9. The highest BCUT2D eigenvalue weighted by Gasteiger charge is 2.42. The summed E-state index contributed by atoms with van der Waals surface area (Å²) < 4.78 is 47.9. The number of anilines is 1. The van der Waals surface area contributed by atoms with Gasteiger partial charge in [0.25, 0.3) is 0 Å². The highest BCUT2D eigenvalue weighted by molar-refractivity contribution is 9.10. The van der Waals surface area contributed by atoms with Crippen LogP contribution in [0.25, 0.3) is 0 Å². The van der Waals surface area contributed by atoms with Gasteiger partial charge in [0, 0.05) is 22.2 Å². The quantitative estimate of drug-likeness (QED) is 0.298. The van der Waals surface area contributed by atoms with Crippen LogP contribution in [0.5, 0.6) is 5.75 Å². The highest BCUT2D eigenvalue weighted by Crippen LogP contribution is 2.49. The Balaban J connectivity index is 1.65. The summed E-state index contributed by atoms with van der Waals surface area (Å²) in [4.78, 5) is 14.9. The number of ether oxygens (including phenoxy) is 1. The topological polar surface area (TPSA) is 79.4 Å². The van der Waals surface area contributed by atoms with E-state index >= 15 is 0 Å². The van der Waals surface area contributed by atoms with Crippen LogP contribution in [0.1, 0.15) is 53.0 Å². The molecule has 10 heteroatoms. The van der Waals surface area contributed by atoms with Crippen molar-refractivity contribution < 1.29 is 22.7 Å². The number of allylic oxidation sites excluding steroid dienone is 3. The Bertz CT molecular complexity index is 1690. The van der Waals surface area contributed by atoms with Crippen molar-refractivity contribution in [3.05, 3.63) is 115 Å². The predicted octanol–water partition coefficient (Wildman–Crippen LogP) is 8.62. The lowest BCUT2D eigenvalue weighted by atomic mass is 9.74. The molecule has 0 fully saturated rings. The van der Waals surface area contributed by atoms with Gasteiger partial charge in [-0.2, -0.15) is 18.4 Å². The Labute approximate surface area is 255 Å². The number of aryl methyl sites for hydroxylation is 2. The van der Waals surface area contributed by atoms with Crippen LogP contribution in [-0.2, 0) is 17.6 Å². The van der Waals surface area contributed by atoms with E-state index in [0.717, 1.165) is 39.4 Å². The second kappa shape index (κ2) is 11.5. The maximum Gasteiger partial charge on any atom is 0.416 e. The van der Waals surface area contributed by atoms with Crippen molar-refractivity contribution in [3.8, 4) is 11.8 Å². The normalized spacial score (nSPS) is 17.3. The smallest absolute Gasteiger partial charge is 0.416 e. The van der Waals surface area contributed by atoms with E-state index in [9.17, 15) is 23.2 Å². The van der Waals surface area contributed by atoms with Crippen LogP contribution in [0.3, 0.4) is 0 Å². The number of hydrogen-bond acceptors (Lipinski definition) is 5. The summed E-state index contributed by atoms with van der Waals surface area (Å²) >= 11 is 9.83. The number of carbonyl (C=O) groups is 1. The zero-order chi connectivity index (χ0) is 30.3. The van der Waals surface area contributed by atoms with Crippen LogP contribution in [0, 0.1) is 25.2 Å². The fourth-order valence-electron chi connectivity index (χ4n) is 5.61. The molecular formula is C32H26BrClF3N3O2. The van der Waals surface area contributed by atoms with Gasteiger partial charge in [0.1, 0.15) is 18.2 Å². The number of halogens is 5. The van der Waals surface area contributed by atoms with Gasteiger partial charge < -0.3 is 10.5 Å². The minimum absolute atomic E-state index is 0.0189. The number of nitrogens with two attached hydrogens (primary N) is 1. The third kappa shape index (κ3) is 5.53. The number of benzene rings is 3. The summed E-state index contributed by atoms with van der Waals surface area (Å²) in [5.41, 5.74) is 9.96. The molecule has 0 aromatic heterocycles. The van der Waals surface area contributed by atoms with Crippen molar-refractivity contribution in [3.63, 3.8) is 0 Å². The molecule has 5 rings (SSSR count). The molecule has 0 saturated carbocycles. The van der Waals surface area contributed by atoms with Gasteiger partial charge in [-0.3, -0.25) is 9.69 Å². The third-order valence-electron chi connectivity index (χ3n) is 7.67. The molecule has 3 aromatic carbocycles. The van der Waals surface area contributed by atoms with Gasteiger partial charge >= 0.3 is 6.18 Å². The second-order valence-corrected chi connectivity index (χ2v) is 11.7. The van der Waals surface area contributed by atoms with E-state index in [4.69, 9.17) is 22.1 Å². The van der Waals surface area contributed by atoms with Crippen molar-refractivity contribution in [1.29, 1.82) is 5.26 Å². The van der Waals surface area contributed by atoms with Crippen molar-refractivity contribution in [1.82, 2.24) is 0 Å². The predicted molar refractivity (Wildman–Crippen MR) is 159 cm³/mol. The Kier molecular flexibility index (Phi) is 8.15. The number of hydrogen-bond donors (Lipinski definition) is 1. The van der Waals surface area contributed by atoms with Crippen LogP contribution in [-0.4, -0.2) is 5.78 Å². The molecule has 2 aliphatic rings. The summed E-state index contributed by atoms with van der Waals surface area (Å²) in [6.07, 6.45) is -3.50. The molecule has 0 spiro atoms. The van der Waals surface area contributed by atoms with E-state index in [2.05, 4.69) is 22.0 Å². The first kappa shape index (κ1) is 29.7. The van der Waals surface area contributed by atoms with Crippen LogP contribution in [0.4, 0.5) is 18.9 Å². The molecule has 1 atom stereocenters. The molecule has 3 aromatic rings. The van der Waals surface area contributed by atoms with Gasteiger partial charge in [-0.15, -0.1) is 0 Å². The number of Topliss-reactive ketones (excluding diaryl/α,β-unsaturated/α-hetero) is 1. The summed E-state index contributed by atoms with van der Waals surface area (Å²) in [5, 5.41) is 10.4. The fourth-order valence-corrected chi connectivity index (χ4v) is 6.07. The molecular weight excluding hydrogens is 631 g/mol. The van der Waals surface area contributed by atoms with Crippen LogP contribution >= 0.6 is 27.5 Å². The SMILES string of the molecule is Cc1cc(C)c(C2C(C#N)=C(N)N(c3cc(C(F)(F)F)ccc3Cl)C3=C2C(=O)CCC3)cc1COc1ccc(Br)cc1. The van der Waals surface area contributed by atoms with E-state index in [-0.39, 0.29) is 40.9 Å². The van der Waals surface area contributed by atoms with Gasteiger partial charge in [0.15, 0.2) is 5.78 Å². The minimum Gasteiger partial charge on any atom is -0.489 e. The molecule has 1 aliphatic carbocycles. The molecule has 5 nitrogen and oxygen atoms in total. The van der Waals surface area contributed by atoms with E-state index in [0.29, 0.717) is 35.4 Å². The first-order valence-corrected chi connectivity index (χ1v) is 14.4. The Morgan fingerprint density at radius 3 is 2.48 bits per heavy atom. The lowest BCUT2D eigenvalue weighted by Crippen LogP contribution is -2.39. The van der Waals surface area contributed by atoms with Crippen LogP contribution in [0.15, 0.2) is 81.7 Å². The van der Waals surface area contributed by atoms with Gasteiger partial charge in [0.05, 0.1) is 33.8 Å². The number of carbonyl (C=O) groups excluding carboxylic acids is 1. The van der Waals surface area contributed by atoms with E-state index in [1.165, 1.54) is 4.90 Å². The molecule has 2 N–H and O–H groups in total. The van der Waals surface area contributed by atoms with Crippen molar-refractivity contribution in [2.75, 3.05) is 4.90 Å². The average Bonchev–Trinajstić information content (AvgIpc) is 2.93. The zero-order valence-electron chi connectivity index (χ0n) is 22.8. The maximum absolute atomic E-state index is 13.7. The lowest BCUT2D eigenvalue weighted by molar-refractivity contribution is -0.137. The lowest BCUT2D eigenvalue weighted by Gasteiger charge is -2.40. The number of rotatable bonds is 5. The number of nitriles is 1. The van der Waals surface area contributed by atoms with Crippen molar-refractivity contribution >= 4 is 39.0 Å². The molecule has 0 bridgehead atoms. The molecule has 0 amide bonds. The van der Waals surface area contributed by atoms with Crippen LogP contribution < -0.4 is 15.4 Å². The standard InChI is InChI=1S/C32H26BrClF3N3O2/c1-17-12-18(2)23(13-19(17)16-42-22-9-7-21(33)8-10-22)29-24(15-38)31(39)40(26-4-3-5-28(41)30(26)29)27-14-20(32(35,36)37)6-11-25(27)34/h6-14,29H,3-5,16,39H2,1-2H3. The third-order valence-corrected chi connectivity index (χ3v) is 8.52. The number of nitrogens with zero attached hydrogens (tertiary/aromatic N) is 2. The summed E-state index contributed by atoms with van der Waals surface area (Å²) in [5.74, 6) is -0.335. The van der Waals surface area contributed by atoms with Gasteiger partial charge in [-0.1, -0.05) is 39.7 Å². The van der Waals surface area contributed by atoms with E-state index in [1.807, 2.05) is 50.2 Å². The second-order valence-electron chi connectivity index (χ2n) is 10.4. The van der Waals surface area contributed by atoms with Gasteiger partial charge in [-0.25, -0.2) is 0 Å². The zero-order valence-corrected chi connectivity index (χ0v) is 25.1. The fraction of sp³-hybridized carbons (Fsp3) is 0.250. The van der Waals surface area contributed by atoms with E-state index < -0.39 is 17.7 Å². The number of alkyl halides is 3. The molecule has 1 aliphatic heterocycles. The largest absolute Gasteiger partial charge is 0.489 e. The van der Waals surface area contributed by atoms with Crippen molar-refractivity contribution in [2.45, 2.75) is 51.8 Å². The number of ketones is 1.